The van der Waals surface area contributed by atoms with E-state index in [0.29, 0.717) is 0 Å². The topological polar surface area (TPSA) is 0 Å². The molecule has 296 valence electrons. The predicted octanol–water partition coefficient (Wildman–Crippen LogP) is 18.1. The van der Waals surface area contributed by atoms with Crippen molar-refractivity contribution >= 4 is 75.4 Å². The normalized spacial score (nSPS) is 11.8. The van der Waals surface area contributed by atoms with Gasteiger partial charge in [-0.1, -0.05) is 231 Å². The second kappa shape index (κ2) is 14.7. The van der Waals surface area contributed by atoms with Crippen LogP contribution in [0.5, 0.6) is 0 Å². The van der Waals surface area contributed by atoms with Gasteiger partial charge in [0.25, 0.3) is 0 Å². The van der Waals surface area contributed by atoms with Gasteiger partial charge < -0.3 is 0 Å². The molecule has 0 aromatic heterocycles. The minimum atomic E-state index is 1.22. The van der Waals surface area contributed by atoms with Gasteiger partial charge in [0.1, 0.15) is 0 Å². The molecule has 0 fully saturated rings. The van der Waals surface area contributed by atoms with Crippen LogP contribution in [0.4, 0.5) is 0 Å². The van der Waals surface area contributed by atoms with Crippen LogP contribution in [-0.4, -0.2) is 0 Å². The lowest BCUT2D eigenvalue weighted by Crippen LogP contribution is -1.95. The quantitative estimate of drug-likeness (QED) is 0.120. The van der Waals surface area contributed by atoms with E-state index in [0.717, 1.165) is 0 Å². The molecule has 0 aliphatic carbocycles. The molecule has 0 saturated heterocycles. The van der Waals surface area contributed by atoms with Crippen molar-refractivity contribution in [2.24, 2.45) is 0 Å². The number of hydrogen-bond donors (Lipinski definition) is 0. The van der Waals surface area contributed by atoms with E-state index in [9.17, 15) is 0 Å². The van der Waals surface area contributed by atoms with Crippen molar-refractivity contribution in [2.75, 3.05) is 0 Å². The van der Waals surface area contributed by atoms with Gasteiger partial charge in [-0.05, 0) is 143 Å². The van der Waals surface area contributed by atoms with E-state index in [2.05, 4.69) is 243 Å². The summed E-state index contributed by atoms with van der Waals surface area (Å²) in [7, 11) is 0. The zero-order valence-electron chi connectivity index (χ0n) is 35.1. The van der Waals surface area contributed by atoms with Crippen LogP contribution >= 0.6 is 0 Å². The van der Waals surface area contributed by atoms with Gasteiger partial charge >= 0.3 is 0 Å². The Morgan fingerprint density at radius 2 is 0.453 bits per heavy atom. The predicted molar refractivity (Wildman–Crippen MR) is 276 cm³/mol. The average Bonchev–Trinajstić information content (AvgIpc) is 3.37. The first-order chi connectivity index (χ1) is 31.8. The largest absolute Gasteiger partial charge is 0.0622 e. The summed E-state index contributed by atoms with van der Waals surface area (Å²) in [6.07, 6.45) is 0. The zero-order chi connectivity index (χ0) is 42.1. The third kappa shape index (κ3) is 5.49. The molecule has 0 bridgehead atoms. The average molecular weight is 809 g/mol. The molecule has 0 heterocycles. The van der Waals surface area contributed by atoms with E-state index in [4.69, 9.17) is 0 Å². The molecule has 64 heavy (non-hydrogen) atoms. The van der Waals surface area contributed by atoms with Crippen LogP contribution in [0.3, 0.4) is 0 Å². The second-order valence-electron chi connectivity index (χ2n) is 17.0. The molecule has 0 saturated carbocycles. The van der Waals surface area contributed by atoms with Crippen molar-refractivity contribution in [3.8, 4) is 55.6 Å². The van der Waals surface area contributed by atoms with E-state index in [-0.39, 0.29) is 0 Å². The van der Waals surface area contributed by atoms with Crippen molar-refractivity contribution in [1.82, 2.24) is 0 Å². The summed E-state index contributed by atoms with van der Waals surface area (Å²) in [5.74, 6) is 0. The molecule has 0 amide bonds. The van der Waals surface area contributed by atoms with E-state index in [1.54, 1.807) is 0 Å². The molecule has 13 aromatic carbocycles. The second-order valence-corrected chi connectivity index (χ2v) is 17.0. The molecule has 0 radical (unpaired) electrons. The highest BCUT2D eigenvalue weighted by Gasteiger charge is 2.23. The molecule has 0 aliphatic heterocycles. The summed E-state index contributed by atoms with van der Waals surface area (Å²) in [6.45, 7) is 0. The molecule has 0 nitrogen and oxygen atoms in total. The molecular formula is C64H40. The van der Waals surface area contributed by atoms with E-state index >= 15 is 0 Å². The summed E-state index contributed by atoms with van der Waals surface area (Å²) in [4.78, 5) is 0. The van der Waals surface area contributed by atoms with Crippen molar-refractivity contribution in [3.63, 3.8) is 0 Å². The monoisotopic (exact) mass is 808 g/mol. The molecule has 0 aliphatic rings. The highest BCUT2D eigenvalue weighted by Crippen LogP contribution is 2.51. The van der Waals surface area contributed by atoms with Gasteiger partial charge in [-0.15, -0.1) is 0 Å². The Hall–Kier alpha value is -8.32. The zero-order valence-corrected chi connectivity index (χ0v) is 35.1. The fourth-order valence-electron chi connectivity index (χ4n) is 11.0. The minimum Gasteiger partial charge on any atom is -0.0622 e. The Morgan fingerprint density at radius 1 is 0.172 bits per heavy atom. The summed E-state index contributed by atoms with van der Waals surface area (Å²) >= 11 is 0. The van der Waals surface area contributed by atoms with Gasteiger partial charge in [0.15, 0.2) is 0 Å². The highest BCUT2D eigenvalue weighted by molar-refractivity contribution is 6.32. The van der Waals surface area contributed by atoms with Crippen molar-refractivity contribution in [3.05, 3.63) is 243 Å². The Labute approximate surface area is 371 Å². The number of rotatable bonds is 5. The van der Waals surface area contributed by atoms with Crippen LogP contribution in [0.2, 0.25) is 0 Å². The van der Waals surface area contributed by atoms with E-state index in [1.165, 1.54) is 131 Å². The third-order valence-electron chi connectivity index (χ3n) is 13.6. The van der Waals surface area contributed by atoms with Gasteiger partial charge in [0.2, 0.25) is 0 Å². The van der Waals surface area contributed by atoms with Crippen LogP contribution in [0, 0.1) is 0 Å². The van der Waals surface area contributed by atoms with E-state index < -0.39 is 0 Å². The smallest absolute Gasteiger partial charge is 0.00199 e. The minimum absolute atomic E-state index is 1.22. The maximum atomic E-state index is 2.50. The fourth-order valence-corrected chi connectivity index (χ4v) is 11.0. The molecule has 0 unspecified atom stereocenters. The summed E-state index contributed by atoms with van der Waals surface area (Å²) in [5, 5.41) is 17.6. The lowest BCUT2D eigenvalue weighted by molar-refractivity contribution is 1.61. The Bertz CT molecular complexity index is 3880. The van der Waals surface area contributed by atoms with Crippen molar-refractivity contribution < 1.29 is 0 Å². The molecule has 0 heteroatoms. The molecular weight excluding hydrogens is 769 g/mol. The van der Waals surface area contributed by atoms with Gasteiger partial charge in [-0.2, -0.15) is 0 Å². The lowest BCUT2D eigenvalue weighted by Gasteiger charge is -2.22. The molecule has 13 rings (SSSR count). The summed E-state index contributed by atoms with van der Waals surface area (Å²) < 4.78 is 0. The Kier molecular flexibility index (Phi) is 8.32. The van der Waals surface area contributed by atoms with Crippen LogP contribution in [-0.2, 0) is 0 Å². The molecule has 0 spiro atoms. The third-order valence-corrected chi connectivity index (χ3v) is 13.6. The van der Waals surface area contributed by atoms with Gasteiger partial charge in [-0.3, -0.25) is 0 Å². The first-order valence-electron chi connectivity index (χ1n) is 22.3. The van der Waals surface area contributed by atoms with Crippen molar-refractivity contribution in [1.29, 1.82) is 0 Å². The molecule has 13 aromatic rings. The van der Waals surface area contributed by atoms with Gasteiger partial charge in [-0.25, -0.2) is 0 Å². The standard InChI is InChI=1S/C64H40/c1-3-21-41(22-4-1)44-25-7-10-28-47(44)62-54-35-17-19-37-56(54)64(57-38-20-18-36-55(57)62)59-40-43-39-58(45-26-8-11-29-48(45)61(43)49-30-12-9-27-46(49)59)63-52-33-15-13-31-50(52)60(42-23-5-2-6-24-42)51-32-14-16-34-53(51)63/h1-40H. The number of hydrogen-bond acceptors (Lipinski definition) is 0. The number of benzene rings is 13. The number of fused-ring (bicyclic) bond motifs is 9. The molecule has 0 atom stereocenters. The van der Waals surface area contributed by atoms with Crippen molar-refractivity contribution in [2.45, 2.75) is 0 Å². The Morgan fingerprint density at radius 3 is 0.859 bits per heavy atom. The lowest BCUT2D eigenvalue weighted by atomic mass is 9.81. The van der Waals surface area contributed by atoms with Crippen LogP contribution in [0.1, 0.15) is 0 Å². The van der Waals surface area contributed by atoms with Crippen LogP contribution < -0.4 is 0 Å². The SMILES string of the molecule is c1ccc(-c2ccccc2-c2c3ccccc3c(-c3cc4cc(-c5c6ccccc6c(-c6ccccc6)c6ccccc56)c5ccccc5c4c4ccccc34)c3ccccc23)cc1. The summed E-state index contributed by atoms with van der Waals surface area (Å²) in [6, 6.07) is 89.9. The maximum Gasteiger partial charge on any atom is -0.00199 e. The van der Waals surface area contributed by atoms with Crippen LogP contribution in [0.15, 0.2) is 243 Å². The first kappa shape index (κ1) is 36.3. The fraction of sp³-hybridized carbons (Fsp3) is 0. The maximum absolute atomic E-state index is 2.50. The Balaban J connectivity index is 1.16. The summed E-state index contributed by atoms with van der Waals surface area (Å²) in [5.41, 5.74) is 12.5. The van der Waals surface area contributed by atoms with Gasteiger partial charge in [0, 0.05) is 0 Å². The van der Waals surface area contributed by atoms with E-state index in [1.807, 2.05) is 0 Å². The highest BCUT2D eigenvalue weighted by atomic mass is 14.3. The van der Waals surface area contributed by atoms with Crippen LogP contribution in [0.25, 0.3) is 131 Å². The first-order valence-corrected chi connectivity index (χ1v) is 22.3. The van der Waals surface area contributed by atoms with Gasteiger partial charge in [0.05, 0.1) is 0 Å². The molecule has 0 N–H and O–H groups in total.